The fraction of sp³-hybridized carbons (Fsp3) is 0.462. The molecule has 0 saturated heterocycles. The molecule has 0 heterocycles. The lowest BCUT2D eigenvalue weighted by Gasteiger charge is -2.27. The maximum atomic E-state index is 13.6. The van der Waals surface area contributed by atoms with Gasteiger partial charge in [-0.05, 0) is 31.4 Å². The Hall–Kier alpha value is -1.29. The van der Waals surface area contributed by atoms with Crippen molar-refractivity contribution in [1.29, 1.82) is 0 Å². The van der Waals surface area contributed by atoms with Crippen molar-refractivity contribution in [2.24, 2.45) is 0 Å². The lowest BCUT2D eigenvalue weighted by molar-refractivity contribution is -0.143. The summed E-state index contributed by atoms with van der Waals surface area (Å²) in [6, 6.07) is 1.01. The van der Waals surface area contributed by atoms with Crippen LogP contribution in [-0.4, -0.2) is 16.2 Å². The highest BCUT2D eigenvalue weighted by atomic mass is 35.5. The van der Waals surface area contributed by atoms with Crippen LogP contribution in [0.15, 0.2) is 6.07 Å². The van der Waals surface area contributed by atoms with Crippen molar-refractivity contribution in [1.82, 2.24) is 0 Å². The summed E-state index contributed by atoms with van der Waals surface area (Å²) in [4.78, 5) is 11.6. The van der Waals surface area contributed by atoms with Gasteiger partial charge in [-0.1, -0.05) is 24.4 Å². The predicted octanol–water partition coefficient (Wildman–Crippen LogP) is 3.39. The zero-order valence-electron chi connectivity index (χ0n) is 9.96. The highest BCUT2D eigenvalue weighted by molar-refractivity contribution is 6.31. The molecule has 1 aliphatic carbocycles. The van der Waals surface area contributed by atoms with Gasteiger partial charge >= 0.3 is 5.97 Å². The number of carbonyl (C=O) groups is 1. The molecule has 5 heteroatoms. The van der Waals surface area contributed by atoms with E-state index >= 15 is 0 Å². The van der Waals surface area contributed by atoms with E-state index in [4.69, 9.17) is 11.6 Å². The van der Waals surface area contributed by atoms with Crippen molar-refractivity contribution in [3.8, 4) is 5.75 Å². The van der Waals surface area contributed by atoms with Gasteiger partial charge in [-0.3, -0.25) is 4.79 Å². The average Bonchev–Trinajstić information content (AvgIpc) is 2.77. The molecule has 0 radical (unpaired) electrons. The van der Waals surface area contributed by atoms with Crippen LogP contribution in [0.2, 0.25) is 5.02 Å². The third-order valence-electron chi connectivity index (χ3n) is 3.79. The number of rotatable bonds is 2. The SMILES string of the molecule is Cc1c(Cl)cc(F)c(O)c1C1(C(=O)O)CCCC1. The molecule has 1 aromatic rings. The largest absolute Gasteiger partial charge is 0.505 e. The minimum atomic E-state index is -1.21. The molecule has 0 bridgehead atoms. The zero-order chi connectivity index (χ0) is 13.5. The summed E-state index contributed by atoms with van der Waals surface area (Å²) >= 11 is 5.89. The summed E-state index contributed by atoms with van der Waals surface area (Å²) in [5.41, 5.74) is -0.628. The molecule has 1 fully saturated rings. The van der Waals surface area contributed by atoms with E-state index < -0.39 is 23.0 Å². The molecule has 1 aliphatic rings. The Bertz CT molecular complexity index is 481. The van der Waals surface area contributed by atoms with Crippen LogP contribution in [0.5, 0.6) is 5.75 Å². The lowest BCUT2D eigenvalue weighted by Crippen LogP contribution is -2.33. The number of aliphatic carboxylic acids is 1. The fourth-order valence-electron chi connectivity index (χ4n) is 2.84. The van der Waals surface area contributed by atoms with Gasteiger partial charge < -0.3 is 10.2 Å². The molecule has 0 aromatic heterocycles. The molecule has 0 unspecified atom stereocenters. The first-order chi connectivity index (χ1) is 8.40. The third kappa shape index (κ3) is 1.75. The number of hydrogen-bond acceptors (Lipinski definition) is 2. The molecule has 0 amide bonds. The Labute approximate surface area is 109 Å². The normalized spacial score (nSPS) is 17.9. The third-order valence-corrected chi connectivity index (χ3v) is 4.19. The molecule has 1 saturated carbocycles. The van der Waals surface area contributed by atoms with E-state index in [0.717, 1.165) is 18.9 Å². The van der Waals surface area contributed by atoms with Gasteiger partial charge in [-0.15, -0.1) is 0 Å². The summed E-state index contributed by atoms with van der Waals surface area (Å²) in [7, 11) is 0. The van der Waals surface area contributed by atoms with Crippen LogP contribution in [0.3, 0.4) is 0 Å². The summed E-state index contributed by atoms with van der Waals surface area (Å²) < 4.78 is 13.6. The molecule has 1 aromatic carbocycles. The molecule has 3 nitrogen and oxygen atoms in total. The highest BCUT2D eigenvalue weighted by Gasteiger charge is 2.46. The number of hydrogen-bond donors (Lipinski definition) is 2. The van der Waals surface area contributed by atoms with E-state index in [9.17, 15) is 19.4 Å². The molecular formula is C13H14ClFO3. The molecular weight excluding hydrogens is 259 g/mol. The van der Waals surface area contributed by atoms with Crippen molar-refractivity contribution in [2.75, 3.05) is 0 Å². The van der Waals surface area contributed by atoms with Gasteiger partial charge in [-0.2, -0.15) is 0 Å². The van der Waals surface area contributed by atoms with Crippen LogP contribution < -0.4 is 0 Å². The van der Waals surface area contributed by atoms with Crippen LogP contribution in [0.1, 0.15) is 36.8 Å². The van der Waals surface area contributed by atoms with Gasteiger partial charge in [0.05, 0.1) is 5.41 Å². The highest BCUT2D eigenvalue weighted by Crippen LogP contribution is 2.48. The van der Waals surface area contributed by atoms with Gasteiger partial charge in [0.1, 0.15) is 0 Å². The van der Waals surface area contributed by atoms with Crippen molar-refractivity contribution in [3.63, 3.8) is 0 Å². The fourth-order valence-corrected chi connectivity index (χ4v) is 3.03. The second-order valence-corrected chi connectivity index (χ2v) is 5.19. The number of halogens is 2. The maximum Gasteiger partial charge on any atom is 0.314 e. The minimum absolute atomic E-state index is 0.137. The number of carboxylic acids is 1. The van der Waals surface area contributed by atoms with Crippen LogP contribution in [0.25, 0.3) is 0 Å². The number of benzene rings is 1. The van der Waals surface area contributed by atoms with E-state index in [2.05, 4.69) is 0 Å². The van der Waals surface area contributed by atoms with E-state index in [1.807, 2.05) is 0 Å². The molecule has 2 rings (SSSR count). The van der Waals surface area contributed by atoms with Gasteiger partial charge in [0.2, 0.25) is 0 Å². The first-order valence-corrected chi connectivity index (χ1v) is 6.19. The number of carboxylic acid groups (broad SMARTS) is 1. The second kappa shape index (κ2) is 4.43. The van der Waals surface area contributed by atoms with Crippen molar-refractivity contribution in [2.45, 2.75) is 38.0 Å². The Balaban J connectivity index is 2.73. The molecule has 0 spiro atoms. The average molecular weight is 273 g/mol. The minimum Gasteiger partial charge on any atom is -0.505 e. The topological polar surface area (TPSA) is 57.5 Å². The lowest BCUT2D eigenvalue weighted by atomic mass is 9.76. The molecule has 98 valence electrons. The Morgan fingerprint density at radius 3 is 2.50 bits per heavy atom. The summed E-state index contributed by atoms with van der Waals surface area (Å²) in [6.45, 7) is 1.61. The number of phenolic OH excluding ortho intramolecular Hbond substituents is 1. The van der Waals surface area contributed by atoms with Gasteiger partial charge in [0.15, 0.2) is 11.6 Å². The maximum absolute atomic E-state index is 13.6. The first-order valence-electron chi connectivity index (χ1n) is 5.81. The van der Waals surface area contributed by atoms with Crippen LogP contribution in [0.4, 0.5) is 4.39 Å². The smallest absolute Gasteiger partial charge is 0.314 e. The number of aromatic hydroxyl groups is 1. The van der Waals surface area contributed by atoms with E-state index in [1.54, 1.807) is 6.92 Å². The van der Waals surface area contributed by atoms with Gasteiger partial charge in [0.25, 0.3) is 0 Å². The summed E-state index contributed by atoms with van der Waals surface area (Å²) in [5.74, 6) is -2.48. The molecule has 0 atom stereocenters. The van der Waals surface area contributed by atoms with E-state index in [1.165, 1.54) is 0 Å². The van der Waals surface area contributed by atoms with Crippen LogP contribution in [-0.2, 0) is 10.2 Å². The van der Waals surface area contributed by atoms with E-state index in [0.29, 0.717) is 18.4 Å². The summed E-state index contributed by atoms with van der Waals surface area (Å²) in [5, 5.41) is 19.5. The standard InChI is InChI=1S/C13H14ClFO3/c1-7-8(14)6-9(15)11(16)10(7)13(12(17)18)4-2-3-5-13/h6,16H,2-5H2,1H3,(H,17,18). The van der Waals surface area contributed by atoms with Crippen molar-refractivity contribution >= 4 is 17.6 Å². The van der Waals surface area contributed by atoms with Crippen molar-refractivity contribution < 1.29 is 19.4 Å². The zero-order valence-corrected chi connectivity index (χ0v) is 10.7. The molecule has 18 heavy (non-hydrogen) atoms. The first kappa shape index (κ1) is 13.1. The quantitative estimate of drug-likeness (QED) is 0.868. The molecule has 0 aliphatic heterocycles. The van der Waals surface area contributed by atoms with E-state index in [-0.39, 0.29) is 10.6 Å². The Morgan fingerprint density at radius 1 is 1.44 bits per heavy atom. The van der Waals surface area contributed by atoms with Gasteiger partial charge in [-0.25, -0.2) is 4.39 Å². The van der Waals surface area contributed by atoms with Gasteiger partial charge in [0, 0.05) is 10.6 Å². The monoisotopic (exact) mass is 272 g/mol. The Morgan fingerprint density at radius 2 is 2.00 bits per heavy atom. The van der Waals surface area contributed by atoms with Crippen LogP contribution in [0, 0.1) is 12.7 Å². The Kier molecular flexibility index (Phi) is 3.23. The van der Waals surface area contributed by atoms with Crippen molar-refractivity contribution in [3.05, 3.63) is 28.0 Å². The number of phenols is 1. The summed E-state index contributed by atoms with van der Waals surface area (Å²) in [6.07, 6.45) is 2.30. The van der Waals surface area contributed by atoms with Crippen LogP contribution >= 0.6 is 11.6 Å². The molecule has 2 N–H and O–H groups in total. The predicted molar refractivity (Wildman–Crippen MR) is 65.6 cm³/mol. The second-order valence-electron chi connectivity index (χ2n) is 4.78.